The van der Waals surface area contributed by atoms with Gasteiger partial charge in [-0.25, -0.2) is 4.99 Å². The normalized spacial score (nSPS) is 16.9. The number of aliphatic hydroxyl groups is 1. The fraction of sp³-hybridized carbons (Fsp3) is 0.522. The summed E-state index contributed by atoms with van der Waals surface area (Å²) in [5.41, 5.74) is -0.178. The molecule has 0 radical (unpaired) electrons. The van der Waals surface area contributed by atoms with Gasteiger partial charge >= 0.3 is 0 Å². The second-order valence-corrected chi connectivity index (χ2v) is 7.77. The van der Waals surface area contributed by atoms with Crippen molar-refractivity contribution in [2.75, 3.05) is 20.2 Å². The van der Waals surface area contributed by atoms with E-state index in [1.807, 2.05) is 25.1 Å². The number of nitrogens with zero attached hydrogens (tertiary/aromatic N) is 1. The number of ether oxygens (including phenoxy) is 2. The zero-order chi connectivity index (χ0) is 21.4. The van der Waals surface area contributed by atoms with E-state index in [9.17, 15) is 5.11 Å². The first-order valence-corrected chi connectivity index (χ1v) is 10.6. The maximum atomic E-state index is 10.7. The highest BCUT2D eigenvalue weighted by Gasteiger charge is 2.26. The van der Waals surface area contributed by atoms with Gasteiger partial charge in [0.1, 0.15) is 11.4 Å². The topological polar surface area (TPSA) is 88.3 Å². The molecule has 3 N–H and O–H groups in total. The van der Waals surface area contributed by atoms with E-state index in [1.165, 1.54) is 12.8 Å². The number of rotatable bonds is 9. The molecule has 1 saturated carbocycles. The van der Waals surface area contributed by atoms with Crippen LogP contribution in [0.3, 0.4) is 0 Å². The minimum atomic E-state index is -1.15. The number of hydrogen-bond donors (Lipinski definition) is 3. The van der Waals surface area contributed by atoms with Crippen LogP contribution in [0.15, 0.2) is 46.0 Å². The van der Waals surface area contributed by atoms with Gasteiger partial charge in [0.25, 0.3) is 0 Å². The molecule has 7 nitrogen and oxygen atoms in total. The predicted octanol–water partition coefficient (Wildman–Crippen LogP) is 3.57. The molecule has 1 atom stereocenters. The van der Waals surface area contributed by atoms with Crippen LogP contribution in [0.5, 0.6) is 11.5 Å². The lowest BCUT2D eigenvalue weighted by atomic mass is 10.0. The first kappa shape index (κ1) is 22.0. The van der Waals surface area contributed by atoms with E-state index < -0.39 is 5.60 Å². The van der Waals surface area contributed by atoms with Crippen LogP contribution in [0, 0.1) is 0 Å². The number of hydrogen-bond acceptors (Lipinski definition) is 5. The molecule has 1 aliphatic carbocycles. The van der Waals surface area contributed by atoms with E-state index in [-0.39, 0.29) is 12.6 Å². The summed E-state index contributed by atoms with van der Waals surface area (Å²) in [6.07, 6.45) is 6.35. The summed E-state index contributed by atoms with van der Waals surface area (Å²) >= 11 is 0. The molecule has 7 heteroatoms. The molecule has 1 unspecified atom stereocenters. The predicted molar refractivity (Wildman–Crippen MR) is 117 cm³/mol. The quantitative estimate of drug-likeness (QED) is 0.429. The smallest absolute Gasteiger partial charge is 0.191 e. The van der Waals surface area contributed by atoms with Crippen molar-refractivity contribution < 1.29 is 19.0 Å². The molecule has 1 aromatic carbocycles. The number of methoxy groups -OCH3 is 1. The Morgan fingerprint density at radius 2 is 2.03 bits per heavy atom. The van der Waals surface area contributed by atoms with Crippen molar-refractivity contribution in [1.82, 2.24) is 10.6 Å². The van der Waals surface area contributed by atoms with Gasteiger partial charge in [0.15, 0.2) is 17.5 Å². The van der Waals surface area contributed by atoms with Gasteiger partial charge in [0.2, 0.25) is 0 Å². The third kappa shape index (κ3) is 5.69. The van der Waals surface area contributed by atoms with Gasteiger partial charge in [-0.1, -0.05) is 12.1 Å². The Morgan fingerprint density at radius 3 is 2.70 bits per heavy atom. The van der Waals surface area contributed by atoms with Gasteiger partial charge in [-0.2, -0.15) is 0 Å². The minimum absolute atomic E-state index is 0.235. The van der Waals surface area contributed by atoms with Crippen molar-refractivity contribution >= 4 is 5.96 Å². The average Bonchev–Trinajstić information content (AvgIpc) is 3.45. The summed E-state index contributed by atoms with van der Waals surface area (Å²) < 4.78 is 17.2. The lowest BCUT2D eigenvalue weighted by Gasteiger charge is -2.23. The molecule has 30 heavy (non-hydrogen) atoms. The van der Waals surface area contributed by atoms with Crippen molar-refractivity contribution in [1.29, 1.82) is 0 Å². The second kappa shape index (κ2) is 10.4. The standard InChI is InChI=1S/C23H33N3O4/c1-4-24-22(26-16-23(2,27)20-13-8-14-29-20)25-15-17-9-7-12-19(28-3)21(17)30-18-10-5-6-11-18/h7-9,12-14,18,27H,4-6,10-11,15-16H2,1-3H3,(H2,24,25,26). The Kier molecular flexibility index (Phi) is 7.63. The summed E-state index contributed by atoms with van der Waals surface area (Å²) in [5.74, 6) is 2.62. The second-order valence-electron chi connectivity index (χ2n) is 7.77. The molecular formula is C23H33N3O4. The van der Waals surface area contributed by atoms with Gasteiger partial charge in [-0.15, -0.1) is 0 Å². The zero-order valence-electron chi connectivity index (χ0n) is 18.1. The Balaban J connectivity index is 1.72. The number of furan rings is 1. The van der Waals surface area contributed by atoms with Crippen LogP contribution in [0.1, 0.15) is 50.9 Å². The summed E-state index contributed by atoms with van der Waals surface area (Å²) in [5, 5.41) is 17.1. The molecule has 0 spiro atoms. The molecule has 164 valence electrons. The number of aliphatic imine (C=N–C) groups is 1. The van der Waals surface area contributed by atoms with Gasteiger partial charge < -0.3 is 29.6 Å². The van der Waals surface area contributed by atoms with Crippen molar-refractivity contribution in [2.45, 2.75) is 57.8 Å². The van der Waals surface area contributed by atoms with Crippen LogP contribution in [0.25, 0.3) is 0 Å². The van der Waals surface area contributed by atoms with Crippen molar-refractivity contribution in [3.05, 3.63) is 47.9 Å². The molecule has 2 aromatic rings. The summed E-state index contributed by atoms with van der Waals surface area (Å²) in [7, 11) is 1.66. The van der Waals surface area contributed by atoms with Crippen molar-refractivity contribution in [2.24, 2.45) is 4.99 Å². The lowest BCUT2D eigenvalue weighted by Crippen LogP contribution is -2.44. The molecule has 1 fully saturated rings. The Bertz CT molecular complexity index is 812. The Morgan fingerprint density at radius 1 is 1.23 bits per heavy atom. The van der Waals surface area contributed by atoms with Crippen molar-refractivity contribution in [3.8, 4) is 11.5 Å². The first-order valence-electron chi connectivity index (χ1n) is 10.6. The Hall–Kier alpha value is -2.67. The fourth-order valence-corrected chi connectivity index (χ4v) is 3.59. The third-order valence-electron chi connectivity index (χ3n) is 5.27. The van der Waals surface area contributed by atoms with E-state index in [4.69, 9.17) is 18.9 Å². The molecule has 0 saturated heterocycles. The molecule has 1 aliphatic rings. The van der Waals surface area contributed by atoms with E-state index in [2.05, 4.69) is 10.6 Å². The summed E-state index contributed by atoms with van der Waals surface area (Å²) in [6, 6.07) is 9.40. The number of nitrogens with one attached hydrogen (secondary N) is 2. The lowest BCUT2D eigenvalue weighted by molar-refractivity contribution is 0.0386. The van der Waals surface area contributed by atoms with Crippen LogP contribution < -0.4 is 20.1 Å². The highest BCUT2D eigenvalue weighted by Crippen LogP contribution is 2.35. The molecule has 3 rings (SSSR count). The van der Waals surface area contributed by atoms with Gasteiger partial charge in [0.05, 0.1) is 32.6 Å². The molecule has 0 aliphatic heterocycles. The van der Waals surface area contributed by atoms with Crippen LogP contribution in [-0.2, 0) is 12.1 Å². The maximum Gasteiger partial charge on any atom is 0.191 e. The Labute approximate surface area is 178 Å². The van der Waals surface area contributed by atoms with Crippen LogP contribution >= 0.6 is 0 Å². The first-order chi connectivity index (χ1) is 14.5. The third-order valence-corrected chi connectivity index (χ3v) is 5.27. The maximum absolute atomic E-state index is 10.7. The number of para-hydroxylation sites is 1. The molecule has 1 heterocycles. The van der Waals surface area contributed by atoms with Crippen LogP contribution in [-0.4, -0.2) is 37.4 Å². The summed E-state index contributed by atoms with van der Waals surface area (Å²) in [6.45, 7) is 5.10. The molecule has 0 bridgehead atoms. The van der Waals surface area contributed by atoms with E-state index in [0.717, 1.165) is 29.9 Å². The molecular weight excluding hydrogens is 382 g/mol. The monoisotopic (exact) mass is 415 g/mol. The van der Waals surface area contributed by atoms with Gasteiger partial charge in [-0.3, -0.25) is 0 Å². The van der Waals surface area contributed by atoms with E-state index in [0.29, 0.717) is 24.8 Å². The van der Waals surface area contributed by atoms with Gasteiger partial charge in [0, 0.05) is 12.1 Å². The zero-order valence-corrected chi connectivity index (χ0v) is 18.1. The SMILES string of the molecule is CCNC(=NCc1cccc(OC)c1OC1CCCC1)NCC(C)(O)c1ccco1. The van der Waals surface area contributed by atoms with E-state index in [1.54, 1.807) is 32.4 Å². The fourth-order valence-electron chi connectivity index (χ4n) is 3.59. The molecule has 1 aromatic heterocycles. The number of guanidine groups is 1. The highest BCUT2D eigenvalue weighted by atomic mass is 16.5. The minimum Gasteiger partial charge on any atom is -0.493 e. The number of benzene rings is 1. The summed E-state index contributed by atoms with van der Waals surface area (Å²) in [4.78, 5) is 4.70. The van der Waals surface area contributed by atoms with Crippen molar-refractivity contribution in [3.63, 3.8) is 0 Å². The van der Waals surface area contributed by atoms with E-state index >= 15 is 0 Å². The average molecular weight is 416 g/mol. The van der Waals surface area contributed by atoms with Crippen LogP contribution in [0.2, 0.25) is 0 Å². The largest absolute Gasteiger partial charge is 0.493 e. The van der Waals surface area contributed by atoms with Gasteiger partial charge in [-0.05, 0) is 57.7 Å². The molecule has 0 amide bonds. The van der Waals surface area contributed by atoms with Crippen LogP contribution in [0.4, 0.5) is 0 Å². The highest BCUT2D eigenvalue weighted by molar-refractivity contribution is 5.79.